The Labute approximate surface area is 91.2 Å². The molecule has 0 aliphatic rings. The standard InChI is InChI=1S/C11H8FN3O/c12-10-7-14-5-3-9(10)11(16)15-8-2-1-4-13-6-8/h1-7H,(H,15,16). The van der Waals surface area contributed by atoms with E-state index in [0.29, 0.717) is 5.69 Å². The number of carbonyl (C=O) groups is 1. The van der Waals surface area contributed by atoms with Crippen molar-refractivity contribution in [1.82, 2.24) is 9.97 Å². The van der Waals surface area contributed by atoms with E-state index in [4.69, 9.17) is 0 Å². The van der Waals surface area contributed by atoms with E-state index in [1.807, 2.05) is 0 Å². The van der Waals surface area contributed by atoms with Gasteiger partial charge in [0.25, 0.3) is 5.91 Å². The number of amides is 1. The molecule has 0 atom stereocenters. The Balaban J connectivity index is 2.19. The first-order valence-electron chi connectivity index (χ1n) is 4.58. The first kappa shape index (κ1) is 10.2. The third kappa shape index (κ3) is 2.20. The molecule has 0 aliphatic carbocycles. The maximum absolute atomic E-state index is 13.2. The molecule has 4 nitrogen and oxygen atoms in total. The number of nitrogens with one attached hydrogen (secondary N) is 1. The lowest BCUT2D eigenvalue weighted by atomic mass is 10.2. The van der Waals surface area contributed by atoms with Gasteiger partial charge in [0, 0.05) is 12.4 Å². The van der Waals surface area contributed by atoms with Crippen LogP contribution in [0.5, 0.6) is 0 Å². The Morgan fingerprint density at radius 3 is 2.69 bits per heavy atom. The Bertz CT molecular complexity index is 502. The number of nitrogens with zero attached hydrogens (tertiary/aromatic N) is 2. The highest BCUT2D eigenvalue weighted by atomic mass is 19.1. The van der Waals surface area contributed by atoms with Crippen LogP contribution in [0.4, 0.5) is 10.1 Å². The summed E-state index contributed by atoms with van der Waals surface area (Å²) in [5, 5.41) is 2.53. The molecule has 1 amide bonds. The van der Waals surface area contributed by atoms with Gasteiger partial charge in [0.1, 0.15) is 0 Å². The van der Waals surface area contributed by atoms with Crippen LogP contribution in [0.3, 0.4) is 0 Å². The number of pyridine rings is 2. The molecule has 0 bridgehead atoms. The van der Waals surface area contributed by atoms with Gasteiger partial charge in [0.15, 0.2) is 5.82 Å². The summed E-state index contributed by atoms with van der Waals surface area (Å²) in [6.07, 6.45) is 5.43. The van der Waals surface area contributed by atoms with Gasteiger partial charge in [-0.2, -0.15) is 0 Å². The highest BCUT2D eigenvalue weighted by molar-refractivity contribution is 6.04. The average Bonchev–Trinajstić information content (AvgIpc) is 2.31. The molecule has 5 heteroatoms. The van der Waals surface area contributed by atoms with E-state index in [2.05, 4.69) is 15.3 Å². The maximum Gasteiger partial charge on any atom is 0.258 e. The van der Waals surface area contributed by atoms with Crippen LogP contribution in [0.25, 0.3) is 0 Å². The number of halogens is 1. The molecule has 2 heterocycles. The molecule has 0 saturated heterocycles. The van der Waals surface area contributed by atoms with Crippen LogP contribution in [0.1, 0.15) is 10.4 Å². The summed E-state index contributed by atoms with van der Waals surface area (Å²) in [5.41, 5.74) is 0.475. The molecule has 0 unspecified atom stereocenters. The van der Waals surface area contributed by atoms with Crippen molar-refractivity contribution in [3.63, 3.8) is 0 Å². The topological polar surface area (TPSA) is 54.9 Å². The minimum atomic E-state index is -0.649. The van der Waals surface area contributed by atoms with Crippen LogP contribution in [-0.4, -0.2) is 15.9 Å². The van der Waals surface area contributed by atoms with Gasteiger partial charge < -0.3 is 5.32 Å². The lowest BCUT2D eigenvalue weighted by Gasteiger charge is -2.04. The molecular weight excluding hydrogens is 209 g/mol. The second-order valence-corrected chi connectivity index (χ2v) is 3.05. The van der Waals surface area contributed by atoms with E-state index in [0.717, 1.165) is 6.20 Å². The Morgan fingerprint density at radius 2 is 2.00 bits per heavy atom. The molecule has 2 aromatic heterocycles. The van der Waals surface area contributed by atoms with Gasteiger partial charge in [-0.25, -0.2) is 4.39 Å². The van der Waals surface area contributed by atoms with E-state index < -0.39 is 11.7 Å². The SMILES string of the molecule is O=C(Nc1cccnc1)c1ccncc1F. The van der Waals surface area contributed by atoms with Gasteiger partial charge in [0.2, 0.25) is 0 Å². The lowest BCUT2D eigenvalue weighted by Crippen LogP contribution is -2.13. The number of aromatic nitrogens is 2. The minimum Gasteiger partial charge on any atom is -0.320 e. The van der Waals surface area contributed by atoms with Crippen molar-refractivity contribution < 1.29 is 9.18 Å². The second-order valence-electron chi connectivity index (χ2n) is 3.05. The summed E-state index contributed by atoms with van der Waals surface area (Å²) in [7, 11) is 0. The first-order chi connectivity index (χ1) is 7.77. The molecule has 2 rings (SSSR count). The quantitative estimate of drug-likeness (QED) is 0.835. The van der Waals surface area contributed by atoms with E-state index in [1.54, 1.807) is 18.3 Å². The van der Waals surface area contributed by atoms with Crippen molar-refractivity contribution in [2.75, 3.05) is 5.32 Å². The third-order valence-corrected chi connectivity index (χ3v) is 1.94. The summed E-state index contributed by atoms with van der Waals surface area (Å²) < 4.78 is 13.2. The summed E-state index contributed by atoms with van der Waals surface area (Å²) >= 11 is 0. The predicted octanol–water partition coefficient (Wildman–Crippen LogP) is 1.87. The zero-order valence-corrected chi connectivity index (χ0v) is 8.22. The van der Waals surface area contributed by atoms with Crippen molar-refractivity contribution in [1.29, 1.82) is 0 Å². The number of carbonyl (C=O) groups excluding carboxylic acids is 1. The van der Waals surface area contributed by atoms with Gasteiger partial charge in [0.05, 0.1) is 23.6 Å². The summed E-state index contributed by atoms with van der Waals surface area (Å²) in [4.78, 5) is 19.0. The smallest absolute Gasteiger partial charge is 0.258 e. The van der Waals surface area contributed by atoms with Gasteiger partial charge in [-0.3, -0.25) is 14.8 Å². The van der Waals surface area contributed by atoms with Crippen LogP contribution < -0.4 is 5.32 Å². The monoisotopic (exact) mass is 217 g/mol. The fraction of sp³-hybridized carbons (Fsp3) is 0. The van der Waals surface area contributed by atoms with Crippen LogP contribution in [0.2, 0.25) is 0 Å². The van der Waals surface area contributed by atoms with Crippen LogP contribution in [-0.2, 0) is 0 Å². The third-order valence-electron chi connectivity index (χ3n) is 1.94. The van der Waals surface area contributed by atoms with Crippen molar-refractivity contribution in [3.8, 4) is 0 Å². The molecule has 0 fully saturated rings. The molecule has 2 aromatic rings. The number of anilines is 1. The zero-order valence-electron chi connectivity index (χ0n) is 8.22. The lowest BCUT2D eigenvalue weighted by molar-refractivity contribution is 0.102. The van der Waals surface area contributed by atoms with Crippen molar-refractivity contribution in [3.05, 3.63) is 54.4 Å². The van der Waals surface area contributed by atoms with E-state index in [1.165, 1.54) is 18.5 Å². The molecule has 0 radical (unpaired) electrons. The highest BCUT2D eigenvalue weighted by Crippen LogP contribution is 2.09. The summed E-state index contributed by atoms with van der Waals surface area (Å²) in [5.74, 6) is -1.17. The van der Waals surface area contributed by atoms with Crippen molar-refractivity contribution in [2.45, 2.75) is 0 Å². The van der Waals surface area contributed by atoms with Crippen LogP contribution in [0, 0.1) is 5.82 Å². The van der Waals surface area contributed by atoms with Crippen LogP contribution >= 0.6 is 0 Å². The molecule has 0 aliphatic heterocycles. The van der Waals surface area contributed by atoms with E-state index in [-0.39, 0.29) is 5.56 Å². The van der Waals surface area contributed by atoms with Gasteiger partial charge >= 0.3 is 0 Å². The largest absolute Gasteiger partial charge is 0.320 e. The molecule has 80 valence electrons. The van der Waals surface area contributed by atoms with Gasteiger partial charge in [-0.1, -0.05) is 0 Å². The Morgan fingerprint density at radius 1 is 1.19 bits per heavy atom. The van der Waals surface area contributed by atoms with Crippen molar-refractivity contribution >= 4 is 11.6 Å². The molecule has 0 spiro atoms. The normalized spacial score (nSPS) is 9.81. The fourth-order valence-electron chi connectivity index (χ4n) is 1.19. The predicted molar refractivity (Wildman–Crippen MR) is 56.4 cm³/mol. The zero-order chi connectivity index (χ0) is 11.4. The number of rotatable bonds is 2. The van der Waals surface area contributed by atoms with E-state index >= 15 is 0 Å². The molecular formula is C11H8FN3O. The number of hydrogen-bond acceptors (Lipinski definition) is 3. The minimum absolute atomic E-state index is 0.0427. The average molecular weight is 217 g/mol. The fourth-order valence-corrected chi connectivity index (χ4v) is 1.19. The number of hydrogen-bond donors (Lipinski definition) is 1. The molecule has 16 heavy (non-hydrogen) atoms. The van der Waals surface area contributed by atoms with Gasteiger partial charge in [-0.05, 0) is 18.2 Å². The van der Waals surface area contributed by atoms with Crippen molar-refractivity contribution in [2.24, 2.45) is 0 Å². The second kappa shape index (κ2) is 4.48. The summed E-state index contributed by atoms with van der Waals surface area (Å²) in [6.45, 7) is 0. The summed E-state index contributed by atoms with van der Waals surface area (Å²) in [6, 6.07) is 4.67. The molecule has 0 aromatic carbocycles. The van der Waals surface area contributed by atoms with Crippen LogP contribution in [0.15, 0.2) is 43.0 Å². The Hall–Kier alpha value is -2.30. The Kier molecular flexibility index (Phi) is 2.86. The van der Waals surface area contributed by atoms with Gasteiger partial charge in [-0.15, -0.1) is 0 Å². The first-order valence-corrected chi connectivity index (χ1v) is 4.58. The highest BCUT2D eigenvalue weighted by Gasteiger charge is 2.10. The maximum atomic E-state index is 13.2. The molecule has 0 saturated carbocycles. The molecule has 1 N–H and O–H groups in total. The van der Waals surface area contributed by atoms with E-state index in [9.17, 15) is 9.18 Å².